The topological polar surface area (TPSA) is 52.6 Å². The van der Waals surface area contributed by atoms with E-state index >= 15 is 0 Å². The van der Waals surface area contributed by atoms with Crippen LogP contribution in [0.1, 0.15) is 15.9 Å². The van der Waals surface area contributed by atoms with E-state index < -0.39 is 9.93 Å². The minimum absolute atomic E-state index is 0.0214. The van der Waals surface area contributed by atoms with Crippen molar-refractivity contribution in [3.05, 3.63) is 53.6 Å². The number of aryl methyl sites for hydroxylation is 1. The normalized spacial score (nSPS) is 11.8. The van der Waals surface area contributed by atoms with Crippen LogP contribution in [0.3, 0.4) is 0 Å². The van der Waals surface area contributed by atoms with Crippen molar-refractivity contribution < 1.29 is 18.5 Å². The Morgan fingerprint density at radius 3 is 2.00 bits per heavy atom. The van der Waals surface area contributed by atoms with E-state index in [0.29, 0.717) is 22.0 Å². The molecule has 2 aromatic carbocycles. The fraction of sp³-hybridized carbons (Fsp3) is 0.278. The van der Waals surface area contributed by atoms with E-state index in [-0.39, 0.29) is 11.5 Å². The van der Waals surface area contributed by atoms with Gasteiger partial charge in [0.2, 0.25) is 0 Å². The molecule has 0 heterocycles. The SMILES string of the molecule is COc1cc(OC)cc(C(=O)C[SH](C)(=O)c2ccc(C)cc2)c1. The molecule has 0 N–H and O–H groups in total. The molecule has 124 valence electrons. The highest BCUT2D eigenvalue weighted by atomic mass is 32.2. The van der Waals surface area contributed by atoms with Crippen LogP contribution in [0.4, 0.5) is 0 Å². The van der Waals surface area contributed by atoms with E-state index in [1.165, 1.54) is 14.2 Å². The molecule has 0 atom stereocenters. The summed E-state index contributed by atoms with van der Waals surface area (Å²) in [6.07, 6.45) is 1.65. The van der Waals surface area contributed by atoms with Crippen molar-refractivity contribution in [2.24, 2.45) is 0 Å². The van der Waals surface area contributed by atoms with Crippen molar-refractivity contribution in [2.45, 2.75) is 11.8 Å². The molecule has 0 saturated carbocycles. The van der Waals surface area contributed by atoms with Gasteiger partial charge in [-0.2, -0.15) is 0 Å². The number of ether oxygens (including phenoxy) is 2. The van der Waals surface area contributed by atoms with Gasteiger partial charge in [-0.3, -0.25) is 9.00 Å². The van der Waals surface area contributed by atoms with E-state index in [0.717, 1.165) is 5.56 Å². The van der Waals surface area contributed by atoms with E-state index in [1.807, 2.05) is 31.2 Å². The summed E-state index contributed by atoms with van der Waals surface area (Å²) in [5, 5.41) is 0. The van der Waals surface area contributed by atoms with Gasteiger partial charge in [0.1, 0.15) is 11.5 Å². The zero-order chi connectivity index (χ0) is 17.0. The molecule has 0 bridgehead atoms. The fourth-order valence-electron chi connectivity index (χ4n) is 2.29. The summed E-state index contributed by atoms with van der Waals surface area (Å²) in [5.41, 5.74) is 1.54. The number of methoxy groups -OCH3 is 2. The monoisotopic (exact) mass is 334 g/mol. The van der Waals surface area contributed by atoms with Crippen molar-refractivity contribution >= 4 is 15.7 Å². The van der Waals surface area contributed by atoms with Gasteiger partial charge >= 0.3 is 0 Å². The summed E-state index contributed by atoms with van der Waals surface area (Å²) in [6, 6.07) is 12.4. The maximum atomic E-state index is 12.9. The molecule has 0 spiro atoms. The van der Waals surface area contributed by atoms with Gasteiger partial charge in [-0.05, 0) is 37.4 Å². The van der Waals surface area contributed by atoms with Crippen LogP contribution in [-0.4, -0.2) is 36.2 Å². The van der Waals surface area contributed by atoms with Crippen LogP contribution in [-0.2, 0) is 9.93 Å². The molecular weight excluding hydrogens is 312 g/mol. The first-order valence-electron chi connectivity index (χ1n) is 7.26. The first-order valence-corrected chi connectivity index (χ1v) is 9.59. The number of benzene rings is 2. The highest BCUT2D eigenvalue weighted by Gasteiger charge is 2.19. The maximum absolute atomic E-state index is 12.9. The third kappa shape index (κ3) is 4.20. The Bertz CT molecular complexity index is 728. The third-order valence-electron chi connectivity index (χ3n) is 3.70. The standard InChI is InChI=1S/C18H22O4S/c1-13-5-7-17(8-6-13)23(4,20)12-18(19)14-9-15(21-2)11-16(10-14)22-3/h5-11,23H,12H2,1-4H3. The van der Waals surface area contributed by atoms with Gasteiger partial charge in [0.05, 0.1) is 20.0 Å². The van der Waals surface area contributed by atoms with Crippen LogP contribution in [0.5, 0.6) is 11.5 Å². The van der Waals surface area contributed by atoms with Gasteiger partial charge < -0.3 is 9.47 Å². The van der Waals surface area contributed by atoms with Crippen molar-refractivity contribution in [1.82, 2.24) is 0 Å². The smallest absolute Gasteiger partial charge is 0.173 e. The average Bonchev–Trinajstić information content (AvgIpc) is 2.54. The Labute approximate surface area is 137 Å². The maximum Gasteiger partial charge on any atom is 0.173 e. The molecule has 23 heavy (non-hydrogen) atoms. The Morgan fingerprint density at radius 1 is 1.00 bits per heavy atom. The van der Waals surface area contributed by atoms with Gasteiger partial charge in [-0.15, -0.1) is 0 Å². The Morgan fingerprint density at radius 2 is 1.52 bits per heavy atom. The highest BCUT2D eigenvalue weighted by molar-refractivity contribution is 8.03. The molecule has 0 unspecified atom stereocenters. The number of rotatable bonds is 6. The zero-order valence-electron chi connectivity index (χ0n) is 13.8. The second kappa shape index (κ2) is 6.96. The number of Topliss-reactive ketones (excluding diaryl/α,β-unsaturated/α-hetero) is 1. The Kier molecular flexibility index (Phi) is 5.21. The molecule has 0 amide bonds. The minimum atomic E-state index is -2.76. The fourth-order valence-corrected chi connectivity index (χ4v) is 3.98. The zero-order valence-corrected chi connectivity index (χ0v) is 14.7. The van der Waals surface area contributed by atoms with E-state index in [4.69, 9.17) is 9.47 Å². The number of hydrogen-bond acceptors (Lipinski definition) is 4. The molecule has 2 aromatic rings. The van der Waals surface area contributed by atoms with Crippen molar-refractivity contribution in [3.63, 3.8) is 0 Å². The Hall–Kier alpha value is -2.14. The summed E-state index contributed by atoms with van der Waals surface area (Å²) < 4.78 is 23.3. The van der Waals surface area contributed by atoms with E-state index in [2.05, 4.69) is 0 Å². The van der Waals surface area contributed by atoms with Gasteiger partial charge in [0.15, 0.2) is 5.78 Å². The number of carbonyl (C=O) groups excluding carboxylic acids is 1. The first-order chi connectivity index (χ1) is 10.9. The van der Waals surface area contributed by atoms with Gasteiger partial charge in [-0.1, -0.05) is 27.6 Å². The molecule has 0 aromatic heterocycles. The van der Waals surface area contributed by atoms with Gasteiger partial charge in [0, 0.05) is 16.5 Å². The molecule has 0 saturated heterocycles. The summed E-state index contributed by atoms with van der Waals surface area (Å²) in [5.74, 6) is 0.864. The van der Waals surface area contributed by atoms with Crippen LogP contribution >= 0.6 is 0 Å². The minimum Gasteiger partial charge on any atom is -0.497 e. The summed E-state index contributed by atoms with van der Waals surface area (Å²) in [7, 11) is 0.291. The third-order valence-corrected chi connectivity index (χ3v) is 5.98. The predicted octanol–water partition coefficient (Wildman–Crippen LogP) is 2.90. The van der Waals surface area contributed by atoms with Crippen LogP contribution in [0.15, 0.2) is 47.4 Å². The van der Waals surface area contributed by atoms with Gasteiger partial charge in [-0.25, -0.2) is 0 Å². The second-order valence-electron chi connectivity index (χ2n) is 5.62. The molecule has 0 fully saturated rings. The number of thiol groups is 1. The van der Waals surface area contributed by atoms with Crippen LogP contribution < -0.4 is 9.47 Å². The van der Waals surface area contributed by atoms with Crippen molar-refractivity contribution in [2.75, 3.05) is 26.2 Å². The molecule has 0 aliphatic heterocycles. The van der Waals surface area contributed by atoms with Crippen LogP contribution in [0.2, 0.25) is 0 Å². The van der Waals surface area contributed by atoms with Crippen molar-refractivity contribution in [1.29, 1.82) is 0 Å². The van der Waals surface area contributed by atoms with E-state index in [1.54, 1.807) is 24.5 Å². The lowest BCUT2D eigenvalue weighted by atomic mass is 10.1. The average molecular weight is 334 g/mol. The predicted molar refractivity (Wildman–Crippen MR) is 93.6 cm³/mol. The molecule has 0 aliphatic carbocycles. The lowest BCUT2D eigenvalue weighted by Crippen LogP contribution is -2.22. The van der Waals surface area contributed by atoms with Crippen molar-refractivity contribution in [3.8, 4) is 11.5 Å². The molecule has 0 aliphatic rings. The summed E-state index contributed by atoms with van der Waals surface area (Å²) >= 11 is 0. The van der Waals surface area contributed by atoms with E-state index in [9.17, 15) is 9.00 Å². The van der Waals surface area contributed by atoms with Crippen LogP contribution in [0, 0.1) is 6.92 Å². The molecule has 2 rings (SSSR count). The molecule has 0 radical (unpaired) electrons. The number of ketones is 1. The largest absolute Gasteiger partial charge is 0.497 e. The molecular formula is C18H22O4S. The number of carbonyl (C=O) groups is 1. The second-order valence-corrected chi connectivity index (χ2v) is 8.65. The molecule has 4 nitrogen and oxygen atoms in total. The summed E-state index contributed by atoms with van der Waals surface area (Å²) in [6.45, 7) is 1.97. The lowest BCUT2D eigenvalue weighted by molar-refractivity contribution is 0.102. The van der Waals surface area contributed by atoms with Crippen LogP contribution in [0.25, 0.3) is 0 Å². The Balaban J connectivity index is 2.27. The summed E-state index contributed by atoms with van der Waals surface area (Å²) in [4.78, 5) is 13.3. The highest BCUT2D eigenvalue weighted by Crippen LogP contribution is 2.25. The quantitative estimate of drug-likeness (QED) is 0.652. The molecule has 5 heteroatoms. The first kappa shape index (κ1) is 17.2. The number of hydrogen-bond donors (Lipinski definition) is 1. The van der Waals surface area contributed by atoms with Gasteiger partial charge in [0.25, 0.3) is 0 Å². The lowest BCUT2D eigenvalue weighted by Gasteiger charge is -2.18.